The third-order valence-electron chi connectivity index (χ3n) is 5.52. The first-order valence-electron chi connectivity index (χ1n) is 10.3. The highest BCUT2D eigenvalue weighted by molar-refractivity contribution is 7.89. The zero-order valence-corrected chi connectivity index (χ0v) is 17.7. The standard InChI is InChI=1S/C21H27N3O5S/c25-21(22-16-17-5-4-12-29-17)19-15-18(30(26,27)24-8-2-1-3-9-24)6-7-20(19)23-10-13-28-14-11-23/h4-7,12,15H,1-3,8-11,13-14,16H2,(H,22,25). The Labute approximate surface area is 176 Å². The number of ether oxygens (including phenoxy) is 1. The Bertz CT molecular complexity index is 963. The smallest absolute Gasteiger partial charge is 0.253 e. The Hall–Kier alpha value is -2.36. The molecule has 2 aliphatic heterocycles. The maximum Gasteiger partial charge on any atom is 0.253 e. The molecule has 1 amide bonds. The molecule has 1 N–H and O–H groups in total. The number of rotatable bonds is 6. The Kier molecular flexibility index (Phi) is 6.40. The van der Waals surface area contributed by atoms with Gasteiger partial charge in [-0.2, -0.15) is 4.31 Å². The van der Waals surface area contributed by atoms with Gasteiger partial charge >= 0.3 is 0 Å². The van der Waals surface area contributed by atoms with Crippen molar-refractivity contribution in [1.82, 2.24) is 9.62 Å². The molecule has 0 radical (unpaired) electrons. The van der Waals surface area contributed by atoms with Crippen molar-refractivity contribution in [3.8, 4) is 0 Å². The lowest BCUT2D eigenvalue weighted by molar-refractivity contribution is 0.0946. The minimum Gasteiger partial charge on any atom is -0.467 e. The molecular formula is C21H27N3O5S. The molecule has 2 aliphatic rings. The van der Waals surface area contributed by atoms with Crippen LogP contribution in [0.5, 0.6) is 0 Å². The zero-order chi connectivity index (χ0) is 21.0. The first-order chi connectivity index (χ1) is 14.6. The summed E-state index contributed by atoms with van der Waals surface area (Å²) in [7, 11) is -3.63. The van der Waals surface area contributed by atoms with Gasteiger partial charge in [-0.3, -0.25) is 4.79 Å². The molecule has 1 aromatic heterocycles. The van der Waals surface area contributed by atoms with Gasteiger partial charge in [-0.1, -0.05) is 6.42 Å². The second-order valence-corrected chi connectivity index (χ2v) is 9.44. The highest BCUT2D eigenvalue weighted by Gasteiger charge is 2.28. The van der Waals surface area contributed by atoms with Crippen molar-refractivity contribution < 1.29 is 22.4 Å². The quantitative estimate of drug-likeness (QED) is 0.751. The Balaban J connectivity index is 1.64. The van der Waals surface area contributed by atoms with E-state index in [-0.39, 0.29) is 17.3 Å². The van der Waals surface area contributed by atoms with Crippen LogP contribution in [0.4, 0.5) is 5.69 Å². The number of nitrogens with zero attached hydrogens (tertiary/aromatic N) is 2. The van der Waals surface area contributed by atoms with E-state index in [2.05, 4.69) is 10.2 Å². The van der Waals surface area contributed by atoms with Gasteiger partial charge in [-0.25, -0.2) is 8.42 Å². The lowest BCUT2D eigenvalue weighted by atomic mass is 10.1. The van der Waals surface area contributed by atoms with Crippen LogP contribution in [0.1, 0.15) is 35.4 Å². The molecule has 3 heterocycles. The number of nitrogens with one attached hydrogen (secondary N) is 1. The predicted octanol–water partition coefficient (Wildman–Crippen LogP) is 2.22. The van der Waals surface area contributed by atoms with E-state index in [1.165, 1.54) is 10.4 Å². The molecule has 30 heavy (non-hydrogen) atoms. The van der Waals surface area contributed by atoms with Crippen LogP contribution < -0.4 is 10.2 Å². The van der Waals surface area contributed by atoms with Crippen LogP contribution in [0.3, 0.4) is 0 Å². The van der Waals surface area contributed by atoms with Gasteiger partial charge in [0.2, 0.25) is 10.0 Å². The normalized spacial score (nSPS) is 18.3. The first-order valence-corrected chi connectivity index (χ1v) is 11.8. The van der Waals surface area contributed by atoms with E-state index in [1.807, 2.05) is 0 Å². The van der Waals surface area contributed by atoms with Crippen molar-refractivity contribution in [1.29, 1.82) is 0 Å². The van der Waals surface area contributed by atoms with Gasteiger partial charge in [0.25, 0.3) is 5.91 Å². The number of piperidine rings is 1. The lowest BCUT2D eigenvalue weighted by Crippen LogP contribution is -2.38. The first kappa shape index (κ1) is 20.9. The third kappa shape index (κ3) is 4.53. The van der Waals surface area contributed by atoms with Crippen LogP contribution in [0, 0.1) is 0 Å². The molecule has 2 aromatic rings. The largest absolute Gasteiger partial charge is 0.467 e. The van der Waals surface area contributed by atoms with E-state index in [0.717, 1.165) is 19.3 Å². The predicted molar refractivity (Wildman–Crippen MR) is 112 cm³/mol. The minimum atomic E-state index is -3.63. The summed E-state index contributed by atoms with van der Waals surface area (Å²) < 4.78 is 38.5. The van der Waals surface area contributed by atoms with E-state index in [9.17, 15) is 13.2 Å². The number of hydrogen-bond acceptors (Lipinski definition) is 6. The maximum absolute atomic E-state index is 13.1. The molecule has 1 aromatic carbocycles. The molecule has 162 valence electrons. The van der Waals surface area contributed by atoms with Crippen molar-refractivity contribution in [2.75, 3.05) is 44.3 Å². The van der Waals surface area contributed by atoms with Crippen LogP contribution in [0.2, 0.25) is 0 Å². The molecule has 0 aliphatic carbocycles. The summed E-state index contributed by atoms with van der Waals surface area (Å²) in [5.74, 6) is 0.303. The van der Waals surface area contributed by atoms with Crippen molar-refractivity contribution >= 4 is 21.6 Å². The van der Waals surface area contributed by atoms with E-state index < -0.39 is 10.0 Å². The summed E-state index contributed by atoms with van der Waals surface area (Å²) in [5.41, 5.74) is 1.06. The van der Waals surface area contributed by atoms with Gasteiger partial charge in [0, 0.05) is 31.9 Å². The molecule has 0 unspecified atom stereocenters. The Morgan fingerprint density at radius 1 is 1.03 bits per heavy atom. The number of amides is 1. The summed E-state index contributed by atoms with van der Waals surface area (Å²) in [5, 5.41) is 2.84. The second-order valence-electron chi connectivity index (χ2n) is 7.51. The van der Waals surface area contributed by atoms with Crippen LogP contribution >= 0.6 is 0 Å². The van der Waals surface area contributed by atoms with Gasteiger partial charge in [-0.05, 0) is 43.2 Å². The van der Waals surface area contributed by atoms with Crippen molar-refractivity contribution in [2.24, 2.45) is 0 Å². The van der Waals surface area contributed by atoms with Crippen LogP contribution in [-0.4, -0.2) is 58.0 Å². The number of carbonyl (C=O) groups excluding carboxylic acids is 1. The Morgan fingerprint density at radius 2 is 1.80 bits per heavy atom. The fourth-order valence-corrected chi connectivity index (χ4v) is 5.41. The number of carbonyl (C=O) groups is 1. The second kappa shape index (κ2) is 9.20. The topological polar surface area (TPSA) is 92.1 Å². The Morgan fingerprint density at radius 3 is 2.50 bits per heavy atom. The van der Waals surface area contributed by atoms with E-state index in [0.29, 0.717) is 56.4 Å². The summed E-state index contributed by atoms with van der Waals surface area (Å²) >= 11 is 0. The molecule has 9 heteroatoms. The lowest BCUT2D eigenvalue weighted by Gasteiger charge is -2.31. The molecule has 0 spiro atoms. The zero-order valence-electron chi connectivity index (χ0n) is 16.9. The fraction of sp³-hybridized carbons (Fsp3) is 0.476. The molecular weight excluding hydrogens is 406 g/mol. The van der Waals surface area contributed by atoms with Gasteiger partial charge < -0.3 is 19.4 Å². The number of hydrogen-bond donors (Lipinski definition) is 1. The maximum atomic E-state index is 13.1. The van der Waals surface area contributed by atoms with Crippen LogP contribution in [0.15, 0.2) is 45.9 Å². The number of benzene rings is 1. The molecule has 0 atom stereocenters. The van der Waals surface area contributed by atoms with Gasteiger partial charge in [0.1, 0.15) is 5.76 Å². The van der Waals surface area contributed by atoms with Crippen molar-refractivity contribution in [3.63, 3.8) is 0 Å². The van der Waals surface area contributed by atoms with Gasteiger partial charge in [-0.15, -0.1) is 0 Å². The fourth-order valence-electron chi connectivity index (χ4n) is 3.87. The number of anilines is 1. The van der Waals surface area contributed by atoms with E-state index in [4.69, 9.17) is 9.15 Å². The van der Waals surface area contributed by atoms with E-state index in [1.54, 1.807) is 30.5 Å². The van der Waals surface area contributed by atoms with Crippen LogP contribution in [0.25, 0.3) is 0 Å². The molecule has 4 rings (SSSR count). The molecule has 0 saturated carbocycles. The molecule has 8 nitrogen and oxygen atoms in total. The number of morpholine rings is 1. The monoisotopic (exact) mass is 433 g/mol. The average Bonchev–Trinajstić information content (AvgIpc) is 3.32. The number of sulfonamides is 1. The summed E-state index contributed by atoms with van der Waals surface area (Å²) in [6.45, 7) is 3.72. The van der Waals surface area contributed by atoms with Crippen LogP contribution in [-0.2, 0) is 21.3 Å². The highest BCUT2D eigenvalue weighted by Crippen LogP contribution is 2.28. The molecule has 0 bridgehead atoms. The van der Waals surface area contributed by atoms with Gasteiger partial charge in [0.15, 0.2) is 0 Å². The molecule has 2 saturated heterocycles. The highest BCUT2D eigenvalue weighted by atomic mass is 32.2. The summed E-state index contributed by atoms with van der Waals surface area (Å²) in [6, 6.07) is 8.39. The summed E-state index contributed by atoms with van der Waals surface area (Å²) in [4.78, 5) is 15.3. The van der Waals surface area contributed by atoms with Gasteiger partial charge in [0.05, 0.1) is 36.5 Å². The minimum absolute atomic E-state index is 0.157. The third-order valence-corrected chi connectivity index (χ3v) is 7.42. The van der Waals surface area contributed by atoms with Crippen molar-refractivity contribution in [2.45, 2.75) is 30.7 Å². The number of furan rings is 1. The average molecular weight is 434 g/mol. The molecule has 2 fully saturated rings. The van der Waals surface area contributed by atoms with E-state index >= 15 is 0 Å². The summed E-state index contributed by atoms with van der Waals surface area (Å²) in [6.07, 6.45) is 4.32. The van der Waals surface area contributed by atoms with Crippen molar-refractivity contribution in [3.05, 3.63) is 47.9 Å². The SMILES string of the molecule is O=C(NCc1ccco1)c1cc(S(=O)(=O)N2CCCCC2)ccc1N1CCOCC1.